The number of nitrogens with zero attached hydrogens (tertiary/aromatic N) is 2. The van der Waals surface area contributed by atoms with Crippen LogP contribution in [0.2, 0.25) is 0 Å². The van der Waals surface area contributed by atoms with Crippen molar-refractivity contribution < 1.29 is 4.84 Å². The minimum atomic E-state index is 0. The zero-order valence-electron chi connectivity index (χ0n) is 5.15. The maximum absolute atomic E-state index is 5.00. The summed E-state index contributed by atoms with van der Waals surface area (Å²) in [5, 5.41) is 0. The van der Waals surface area contributed by atoms with Gasteiger partial charge in [-0.15, -0.1) is 12.4 Å². The molecular formula is C5H9ClN2O. The van der Waals surface area contributed by atoms with E-state index in [1.807, 2.05) is 6.92 Å². The van der Waals surface area contributed by atoms with Crippen molar-refractivity contribution in [2.45, 2.75) is 6.92 Å². The van der Waals surface area contributed by atoms with Gasteiger partial charge in [0.2, 0.25) is 0 Å². The molecule has 0 amide bonds. The third-order valence-electron chi connectivity index (χ3n) is 0.758. The normalized spacial score (nSPS) is 8.11. The average molecular weight is 149 g/mol. The van der Waals surface area contributed by atoms with Crippen LogP contribution < -0.4 is 4.84 Å². The fourth-order valence-corrected chi connectivity index (χ4v) is 0.472. The van der Waals surface area contributed by atoms with E-state index in [0.717, 1.165) is 0 Å². The van der Waals surface area contributed by atoms with Gasteiger partial charge in [0.05, 0.1) is 6.20 Å². The minimum absolute atomic E-state index is 0. The Morgan fingerprint density at radius 1 is 1.67 bits per heavy atom. The molecule has 0 aliphatic heterocycles. The molecule has 0 radical (unpaired) electrons. The van der Waals surface area contributed by atoms with E-state index in [1.54, 1.807) is 23.5 Å². The predicted molar refractivity (Wildman–Crippen MR) is 36.6 cm³/mol. The van der Waals surface area contributed by atoms with Gasteiger partial charge in [0.25, 0.3) is 0 Å². The molecular weight excluding hydrogens is 140 g/mol. The molecule has 0 unspecified atom stereocenters. The van der Waals surface area contributed by atoms with Gasteiger partial charge in [0.15, 0.2) is 0 Å². The minimum Gasteiger partial charge on any atom is -0.413 e. The fraction of sp³-hybridized carbons (Fsp3) is 0.400. The first-order chi connectivity index (χ1) is 3.93. The van der Waals surface area contributed by atoms with Crippen molar-refractivity contribution in [1.82, 2.24) is 9.71 Å². The number of halogens is 1. The van der Waals surface area contributed by atoms with Crippen molar-refractivity contribution in [3.05, 3.63) is 18.7 Å². The second kappa shape index (κ2) is 4.21. The molecule has 1 aromatic heterocycles. The van der Waals surface area contributed by atoms with E-state index in [1.165, 1.54) is 0 Å². The molecule has 0 aromatic carbocycles. The largest absolute Gasteiger partial charge is 0.413 e. The standard InChI is InChI=1S/C5H8N2O.ClH/c1-2-8-7-4-3-6-5-7;/h3-5H,2H2,1H3;1H. The van der Waals surface area contributed by atoms with Crippen molar-refractivity contribution in [2.75, 3.05) is 6.61 Å². The summed E-state index contributed by atoms with van der Waals surface area (Å²) in [7, 11) is 0. The van der Waals surface area contributed by atoms with Gasteiger partial charge in [-0.05, 0) is 6.92 Å². The molecule has 0 saturated heterocycles. The maximum atomic E-state index is 5.00. The van der Waals surface area contributed by atoms with Crippen LogP contribution in [0.15, 0.2) is 18.7 Å². The summed E-state index contributed by atoms with van der Waals surface area (Å²) in [5.74, 6) is 0. The summed E-state index contributed by atoms with van der Waals surface area (Å²) in [5.41, 5.74) is 0. The predicted octanol–water partition coefficient (Wildman–Crippen LogP) is 0.753. The third kappa shape index (κ3) is 2.37. The summed E-state index contributed by atoms with van der Waals surface area (Å²) in [6, 6.07) is 0. The van der Waals surface area contributed by atoms with E-state index in [9.17, 15) is 0 Å². The fourth-order valence-electron chi connectivity index (χ4n) is 0.472. The average Bonchev–Trinajstić information content (AvgIpc) is 2.19. The zero-order chi connectivity index (χ0) is 5.82. The van der Waals surface area contributed by atoms with Crippen molar-refractivity contribution in [1.29, 1.82) is 0 Å². The number of aromatic nitrogens is 2. The zero-order valence-corrected chi connectivity index (χ0v) is 5.97. The van der Waals surface area contributed by atoms with Gasteiger partial charge in [-0.3, -0.25) is 0 Å². The molecule has 9 heavy (non-hydrogen) atoms. The first-order valence-corrected chi connectivity index (χ1v) is 2.54. The van der Waals surface area contributed by atoms with Crippen LogP contribution in [0.1, 0.15) is 6.92 Å². The summed E-state index contributed by atoms with van der Waals surface area (Å²) < 4.78 is 1.57. The van der Waals surface area contributed by atoms with Crippen molar-refractivity contribution in [3.8, 4) is 0 Å². The molecule has 0 fully saturated rings. The highest BCUT2D eigenvalue weighted by Gasteiger charge is 1.80. The molecule has 0 spiro atoms. The number of imidazole rings is 1. The smallest absolute Gasteiger partial charge is 0.131 e. The molecule has 0 aliphatic carbocycles. The van der Waals surface area contributed by atoms with Crippen LogP contribution in [0, 0.1) is 0 Å². The van der Waals surface area contributed by atoms with E-state index >= 15 is 0 Å². The van der Waals surface area contributed by atoms with Gasteiger partial charge in [-0.25, -0.2) is 4.98 Å². The summed E-state index contributed by atoms with van der Waals surface area (Å²) in [6.45, 7) is 2.61. The van der Waals surface area contributed by atoms with Crippen LogP contribution in [-0.2, 0) is 0 Å². The molecule has 0 bridgehead atoms. The Kier molecular flexibility index (Phi) is 3.88. The molecule has 0 atom stereocenters. The number of hydrogen-bond donors (Lipinski definition) is 0. The summed E-state index contributed by atoms with van der Waals surface area (Å²) in [6.07, 6.45) is 5.04. The molecule has 0 saturated carbocycles. The molecule has 4 heteroatoms. The molecule has 1 heterocycles. The Balaban J connectivity index is 0.000000640. The van der Waals surface area contributed by atoms with Gasteiger partial charge in [-0.1, -0.05) is 0 Å². The molecule has 1 rings (SSSR count). The van der Waals surface area contributed by atoms with Crippen LogP contribution >= 0.6 is 12.4 Å². The Morgan fingerprint density at radius 2 is 2.44 bits per heavy atom. The highest BCUT2D eigenvalue weighted by Crippen LogP contribution is 1.77. The number of hydrogen-bond acceptors (Lipinski definition) is 2. The van der Waals surface area contributed by atoms with Gasteiger partial charge in [0.1, 0.15) is 12.9 Å². The summed E-state index contributed by atoms with van der Waals surface area (Å²) >= 11 is 0. The quantitative estimate of drug-likeness (QED) is 0.619. The first kappa shape index (κ1) is 8.30. The lowest BCUT2D eigenvalue weighted by Gasteiger charge is -1.98. The van der Waals surface area contributed by atoms with Crippen LogP contribution in [0.4, 0.5) is 0 Å². The number of rotatable bonds is 2. The molecule has 3 nitrogen and oxygen atoms in total. The van der Waals surface area contributed by atoms with Crippen LogP contribution in [0.5, 0.6) is 0 Å². The Labute approximate surface area is 60.0 Å². The van der Waals surface area contributed by atoms with E-state index in [0.29, 0.717) is 6.61 Å². The second-order valence-corrected chi connectivity index (χ2v) is 1.34. The highest BCUT2D eigenvalue weighted by molar-refractivity contribution is 5.85. The van der Waals surface area contributed by atoms with Gasteiger partial charge < -0.3 is 4.84 Å². The maximum Gasteiger partial charge on any atom is 0.131 e. The van der Waals surface area contributed by atoms with Crippen molar-refractivity contribution in [3.63, 3.8) is 0 Å². The monoisotopic (exact) mass is 148 g/mol. The van der Waals surface area contributed by atoms with Crippen molar-refractivity contribution >= 4 is 12.4 Å². The molecule has 52 valence electrons. The van der Waals surface area contributed by atoms with E-state index in [-0.39, 0.29) is 12.4 Å². The Morgan fingerprint density at radius 3 is 2.89 bits per heavy atom. The van der Waals surface area contributed by atoms with Gasteiger partial charge in [-0.2, -0.15) is 4.73 Å². The van der Waals surface area contributed by atoms with Crippen molar-refractivity contribution in [2.24, 2.45) is 0 Å². The molecule has 1 aromatic rings. The second-order valence-electron chi connectivity index (χ2n) is 1.34. The van der Waals surface area contributed by atoms with E-state index < -0.39 is 0 Å². The Bertz CT molecular complexity index is 141. The lowest BCUT2D eigenvalue weighted by Crippen LogP contribution is -2.06. The molecule has 0 aliphatic rings. The SMILES string of the molecule is CCOn1ccnc1.Cl. The lowest BCUT2D eigenvalue weighted by molar-refractivity contribution is 0.121. The van der Waals surface area contributed by atoms with Gasteiger partial charge >= 0.3 is 0 Å². The van der Waals surface area contributed by atoms with Crippen LogP contribution in [0.25, 0.3) is 0 Å². The van der Waals surface area contributed by atoms with Crippen LogP contribution in [0.3, 0.4) is 0 Å². The Hall–Kier alpha value is -0.700. The van der Waals surface area contributed by atoms with E-state index in [2.05, 4.69) is 4.98 Å². The van der Waals surface area contributed by atoms with Crippen LogP contribution in [-0.4, -0.2) is 16.3 Å². The van der Waals surface area contributed by atoms with Gasteiger partial charge in [0, 0.05) is 6.20 Å². The highest BCUT2D eigenvalue weighted by atomic mass is 35.5. The topological polar surface area (TPSA) is 27.1 Å². The molecule has 0 N–H and O–H groups in total. The lowest BCUT2D eigenvalue weighted by atomic mass is 10.9. The van der Waals surface area contributed by atoms with E-state index in [4.69, 9.17) is 4.84 Å². The third-order valence-corrected chi connectivity index (χ3v) is 0.758. The summed E-state index contributed by atoms with van der Waals surface area (Å²) in [4.78, 5) is 8.78. The first-order valence-electron chi connectivity index (χ1n) is 2.54.